The Morgan fingerprint density at radius 3 is 2.29 bits per heavy atom. The summed E-state index contributed by atoms with van der Waals surface area (Å²) in [6.45, 7) is 3.06. The molecule has 0 atom stereocenters. The molecule has 2 N–H and O–H groups in total. The standard InChI is InChI=1S/C22H24F3N3O3/c23-22(24,25)17-2-1-3-19(15-17)28-12-10-27(11-13-28)9-8-20(29)26-18-6-4-16(5-7-18)14-21(30)31/h1-7,15H,8-14H2,(H,26,29)(H,30,31). The van der Waals surface area contributed by atoms with Gasteiger partial charge in [0.15, 0.2) is 0 Å². The molecule has 1 aliphatic heterocycles. The Hall–Kier alpha value is -3.07. The van der Waals surface area contributed by atoms with Crippen molar-refractivity contribution >= 4 is 23.3 Å². The fourth-order valence-electron chi connectivity index (χ4n) is 3.47. The Morgan fingerprint density at radius 2 is 1.68 bits per heavy atom. The number of piperazine rings is 1. The molecule has 0 aliphatic carbocycles. The van der Waals surface area contributed by atoms with Crippen LogP contribution in [0, 0.1) is 0 Å². The molecule has 0 unspecified atom stereocenters. The van der Waals surface area contributed by atoms with E-state index in [0.29, 0.717) is 56.1 Å². The maximum atomic E-state index is 12.9. The third kappa shape index (κ3) is 6.71. The highest BCUT2D eigenvalue weighted by Crippen LogP contribution is 2.31. The van der Waals surface area contributed by atoms with Crippen LogP contribution in [0.15, 0.2) is 48.5 Å². The molecule has 0 bridgehead atoms. The molecular formula is C22H24F3N3O3. The highest BCUT2D eigenvalue weighted by atomic mass is 19.4. The van der Waals surface area contributed by atoms with Gasteiger partial charge in [0.25, 0.3) is 0 Å². The number of halogens is 3. The number of hydrogen-bond acceptors (Lipinski definition) is 4. The molecule has 166 valence electrons. The maximum Gasteiger partial charge on any atom is 0.416 e. The van der Waals surface area contributed by atoms with E-state index in [9.17, 15) is 22.8 Å². The van der Waals surface area contributed by atoms with E-state index >= 15 is 0 Å². The van der Waals surface area contributed by atoms with Crippen molar-refractivity contribution in [2.24, 2.45) is 0 Å². The van der Waals surface area contributed by atoms with Crippen LogP contribution in [0.2, 0.25) is 0 Å². The first kappa shape index (κ1) is 22.6. The predicted octanol–water partition coefficient (Wildman–Crippen LogP) is 3.48. The van der Waals surface area contributed by atoms with E-state index in [4.69, 9.17) is 5.11 Å². The van der Waals surface area contributed by atoms with Gasteiger partial charge in [-0.25, -0.2) is 0 Å². The minimum Gasteiger partial charge on any atom is -0.481 e. The summed E-state index contributed by atoms with van der Waals surface area (Å²) in [7, 11) is 0. The number of carboxylic acid groups (broad SMARTS) is 1. The van der Waals surface area contributed by atoms with Crippen molar-refractivity contribution in [1.82, 2.24) is 4.90 Å². The minimum absolute atomic E-state index is 0.0687. The molecule has 31 heavy (non-hydrogen) atoms. The molecule has 9 heteroatoms. The summed E-state index contributed by atoms with van der Waals surface area (Å²) in [5.41, 5.74) is 1.16. The van der Waals surface area contributed by atoms with Crippen molar-refractivity contribution in [3.63, 3.8) is 0 Å². The molecule has 2 aromatic rings. The van der Waals surface area contributed by atoms with Crippen molar-refractivity contribution in [3.8, 4) is 0 Å². The minimum atomic E-state index is -4.36. The molecule has 0 spiro atoms. The number of anilines is 2. The van der Waals surface area contributed by atoms with Crippen molar-refractivity contribution in [3.05, 3.63) is 59.7 Å². The van der Waals surface area contributed by atoms with E-state index in [1.165, 1.54) is 12.1 Å². The van der Waals surface area contributed by atoms with Gasteiger partial charge in [0.2, 0.25) is 5.91 Å². The van der Waals surface area contributed by atoms with Gasteiger partial charge in [-0.15, -0.1) is 0 Å². The SMILES string of the molecule is O=C(O)Cc1ccc(NC(=O)CCN2CCN(c3cccc(C(F)(F)F)c3)CC2)cc1. The first-order chi connectivity index (χ1) is 14.7. The highest BCUT2D eigenvalue weighted by Gasteiger charge is 2.31. The molecule has 1 saturated heterocycles. The van der Waals surface area contributed by atoms with Crippen molar-refractivity contribution < 1.29 is 27.9 Å². The lowest BCUT2D eigenvalue weighted by atomic mass is 10.1. The van der Waals surface area contributed by atoms with Crippen LogP contribution in [-0.2, 0) is 22.2 Å². The van der Waals surface area contributed by atoms with Gasteiger partial charge >= 0.3 is 12.1 Å². The average Bonchev–Trinajstić information content (AvgIpc) is 2.73. The summed E-state index contributed by atoms with van der Waals surface area (Å²) in [4.78, 5) is 26.9. The molecular weight excluding hydrogens is 411 g/mol. The van der Waals surface area contributed by atoms with Gasteiger partial charge < -0.3 is 15.3 Å². The summed E-state index contributed by atoms with van der Waals surface area (Å²) in [5, 5.41) is 11.6. The second kappa shape index (κ2) is 9.82. The molecule has 1 aliphatic rings. The van der Waals surface area contributed by atoms with Crippen LogP contribution >= 0.6 is 0 Å². The zero-order valence-corrected chi connectivity index (χ0v) is 16.9. The number of nitrogens with zero attached hydrogens (tertiary/aromatic N) is 2. The Morgan fingerprint density at radius 1 is 1.00 bits per heavy atom. The van der Waals surface area contributed by atoms with Gasteiger partial charge in [0, 0.05) is 50.5 Å². The molecule has 0 aromatic heterocycles. The molecule has 2 aromatic carbocycles. The van der Waals surface area contributed by atoms with E-state index in [1.807, 2.05) is 4.90 Å². The van der Waals surface area contributed by atoms with Crippen molar-refractivity contribution in [2.45, 2.75) is 19.0 Å². The van der Waals surface area contributed by atoms with Gasteiger partial charge in [0.1, 0.15) is 0 Å². The molecule has 0 radical (unpaired) electrons. The van der Waals surface area contributed by atoms with E-state index in [0.717, 1.165) is 6.07 Å². The van der Waals surface area contributed by atoms with Crippen molar-refractivity contribution in [1.29, 1.82) is 0 Å². The zero-order chi connectivity index (χ0) is 22.4. The third-order valence-electron chi connectivity index (χ3n) is 5.16. The second-order valence-electron chi connectivity index (χ2n) is 7.44. The zero-order valence-electron chi connectivity index (χ0n) is 16.9. The summed E-state index contributed by atoms with van der Waals surface area (Å²) >= 11 is 0. The normalized spacial score (nSPS) is 15.0. The summed E-state index contributed by atoms with van der Waals surface area (Å²) in [5.74, 6) is -1.06. The first-order valence-electron chi connectivity index (χ1n) is 9.96. The van der Waals surface area contributed by atoms with Crippen LogP contribution in [-0.4, -0.2) is 54.6 Å². The lowest BCUT2D eigenvalue weighted by Crippen LogP contribution is -2.47. The van der Waals surface area contributed by atoms with Crippen LogP contribution in [0.4, 0.5) is 24.5 Å². The molecule has 6 nitrogen and oxygen atoms in total. The third-order valence-corrected chi connectivity index (χ3v) is 5.16. The Labute approximate surface area is 178 Å². The Balaban J connectivity index is 1.43. The summed E-state index contributed by atoms with van der Waals surface area (Å²) in [6, 6.07) is 12.0. The smallest absolute Gasteiger partial charge is 0.416 e. The number of nitrogens with one attached hydrogen (secondary N) is 1. The van der Waals surface area contributed by atoms with Crippen LogP contribution in [0.25, 0.3) is 0 Å². The average molecular weight is 435 g/mol. The number of carbonyl (C=O) groups excluding carboxylic acids is 1. The summed E-state index contributed by atoms with van der Waals surface area (Å²) < 4.78 is 38.7. The molecule has 1 amide bonds. The van der Waals surface area contributed by atoms with E-state index < -0.39 is 17.7 Å². The number of rotatable bonds is 7. The van der Waals surface area contributed by atoms with Gasteiger partial charge in [-0.2, -0.15) is 13.2 Å². The van der Waals surface area contributed by atoms with Gasteiger partial charge in [-0.1, -0.05) is 18.2 Å². The summed E-state index contributed by atoms with van der Waals surface area (Å²) in [6.07, 6.45) is -4.14. The largest absolute Gasteiger partial charge is 0.481 e. The molecule has 3 rings (SSSR count). The lowest BCUT2D eigenvalue weighted by Gasteiger charge is -2.36. The quantitative estimate of drug-likeness (QED) is 0.697. The number of benzene rings is 2. The Bertz CT molecular complexity index is 908. The maximum absolute atomic E-state index is 12.9. The van der Waals surface area contributed by atoms with Gasteiger partial charge in [0.05, 0.1) is 12.0 Å². The number of carbonyl (C=O) groups is 2. The number of carboxylic acids is 1. The second-order valence-corrected chi connectivity index (χ2v) is 7.44. The van der Waals surface area contributed by atoms with Crippen LogP contribution in [0.3, 0.4) is 0 Å². The predicted molar refractivity (Wildman–Crippen MR) is 111 cm³/mol. The number of aliphatic carboxylic acids is 1. The molecule has 1 fully saturated rings. The van der Waals surface area contributed by atoms with Crippen LogP contribution in [0.5, 0.6) is 0 Å². The van der Waals surface area contributed by atoms with Gasteiger partial charge in [-0.05, 0) is 35.9 Å². The number of hydrogen-bond donors (Lipinski definition) is 2. The fraction of sp³-hybridized carbons (Fsp3) is 0.364. The topological polar surface area (TPSA) is 72.9 Å². The van der Waals surface area contributed by atoms with Crippen LogP contribution < -0.4 is 10.2 Å². The molecule has 1 heterocycles. The van der Waals surface area contributed by atoms with Gasteiger partial charge in [-0.3, -0.25) is 14.5 Å². The van der Waals surface area contributed by atoms with E-state index in [-0.39, 0.29) is 12.3 Å². The van der Waals surface area contributed by atoms with Crippen LogP contribution in [0.1, 0.15) is 17.5 Å². The van der Waals surface area contributed by atoms with E-state index in [1.54, 1.807) is 30.3 Å². The highest BCUT2D eigenvalue weighted by molar-refractivity contribution is 5.90. The lowest BCUT2D eigenvalue weighted by molar-refractivity contribution is -0.138. The number of amides is 1. The molecule has 0 saturated carbocycles. The Kier molecular flexibility index (Phi) is 7.17. The van der Waals surface area contributed by atoms with E-state index in [2.05, 4.69) is 10.2 Å². The number of alkyl halides is 3. The first-order valence-corrected chi connectivity index (χ1v) is 9.96. The fourth-order valence-corrected chi connectivity index (χ4v) is 3.47. The monoisotopic (exact) mass is 435 g/mol. The van der Waals surface area contributed by atoms with Crippen molar-refractivity contribution in [2.75, 3.05) is 42.9 Å².